The smallest absolute Gasteiger partial charge is 0.259 e. The van der Waals surface area contributed by atoms with Gasteiger partial charge in [-0.3, -0.25) is 4.79 Å². The molecular weight excluding hydrogens is 280 g/mol. The molecule has 0 bridgehead atoms. The maximum Gasteiger partial charge on any atom is 0.259 e. The van der Waals surface area contributed by atoms with Gasteiger partial charge in [-0.15, -0.1) is 0 Å². The summed E-state index contributed by atoms with van der Waals surface area (Å²) in [5.74, 6) is 0.933. The fourth-order valence-corrected chi connectivity index (χ4v) is 2.30. The number of para-hydroxylation sites is 1. The monoisotopic (exact) mass is 300 g/mol. The SMILES string of the molecule is COc1ccccc1C(C)N(C)C(=O)c1cccnc1OC. The van der Waals surface area contributed by atoms with Crippen LogP contribution < -0.4 is 9.47 Å². The molecule has 2 rings (SSSR count). The van der Waals surface area contributed by atoms with Crippen molar-refractivity contribution in [3.05, 3.63) is 53.7 Å². The molecule has 1 amide bonds. The first kappa shape index (κ1) is 15.8. The third-order valence-electron chi connectivity index (χ3n) is 3.69. The van der Waals surface area contributed by atoms with Gasteiger partial charge in [-0.2, -0.15) is 0 Å². The Morgan fingerprint density at radius 3 is 2.55 bits per heavy atom. The summed E-state index contributed by atoms with van der Waals surface area (Å²) in [5.41, 5.74) is 1.39. The maximum absolute atomic E-state index is 12.7. The zero-order valence-corrected chi connectivity index (χ0v) is 13.2. The van der Waals surface area contributed by atoms with E-state index in [0.717, 1.165) is 11.3 Å². The van der Waals surface area contributed by atoms with E-state index in [1.165, 1.54) is 7.11 Å². The standard InChI is InChI=1S/C17H20N2O3/c1-12(13-8-5-6-10-15(13)21-3)19(2)17(20)14-9-7-11-18-16(14)22-4/h5-12H,1-4H3. The molecule has 1 atom stereocenters. The number of carbonyl (C=O) groups excluding carboxylic acids is 1. The van der Waals surface area contributed by atoms with Crippen LogP contribution in [0.2, 0.25) is 0 Å². The molecule has 1 aromatic carbocycles. The second-order valence-corrected chi connectivity index (χ2v) is 4.89. The minimum Gasteiger partial charge on any atom is -0.496 e. The van der Waals surface area contributed by atoms with Gasteiger partial charge in [0.2, 0.25) is 5.88 Å². The van der Waals surface area contributed by atoms with Crippen LogP contribution in [0.4, 0.5) is 0 Å². The van der Waals surface area contributed by atoms with Gasteiger partial charge >= 0.3 is 0 Å². The van der Waals surface area contributed by atoms with Gasteiger partial charge in [0, 0.05) is 18.8 Å². The molecule has 5 nitrogen and oxygen atoms in total. The number of hydrogen-bond donors (Lipinski definition) is 0. The average molecular weight is 300 g/mol. The molecule has 1 aromatic heterocycles. The Hall–Kier alpha value is -2.56. The van der Waals surface area contributed by atoms with E-state index in [2.05, 4.69) is 4.98 Å². The van der Waals surface area contributed by atoms with E-state index < -0.39 is 0 Å². The molecule has 5 heteroatoms. The van der Waals surface area contributed by atoms with Crippen molar-refractivity contribution in [2.24, 2.45) is 0 Å². The molecule has 1 unspecified atom stereocenters. The predicted molar refractivity (Wildman–Crippen MR) is 84.3 cm³/mol. The Morgan fingerprint density at radius 2 is 1.86 bits per heavy atom. The van der Waals surface area contributed by atoms with Gasteiger partial charge < -0.3 is 14.4 Å². The normalized spacial score (nSPS) is 11.6. The van der Waals surface area contributed by atoms with Gasteiger partial charge in [0.1, 0.15) is 11.3 Å². The summed E-state index contributed by atoms with van der Waals surface area (Å²) < 4.78 is 10.5. The number of methoxy groups -OCH3 is 2. The molecule has 0 spiro atoms. The highest BCUT2D eigenvalue weighted by molar-refractivity contribution is 5.96. The molecule has 0 saturated heterocycles. The van der Waals surface area contributed by atoms with Crippen molar-refractivity contribution in [3.8, 4) is 11.6 Å². The lowest BCUT2D eigenvalue weighted by atomic mass is 10.1. The van der Waals surface area contributed by atoms with Crippen LogP contribution in [-0.2, 0) is 0 Å². The van der Waals surface area contributed by atoms with Crippen molar-refractivity contribution in [1.82, 2.24) is 9.88 Å². The lowest BCUT2D eigenvalue weighted by Gasteiger charge is -2.27. The summed E-state index contributed by atoms with van der Waals surface area (Å²) in [4.78, 5) is 18.4. The quantitative estimate of drug-likeness (QED) is 0.852. The molecule has 0 saturated carbocycles. The fraction of sp³-hybridized carbons (Fsp3) is 0.294. The highest BCUT2D eigenvalue weighted by Crippen LogP contribution is 2.29. The molecule has 0 fully saturated rings. The Balaban J connectivity index is 2.30. The minimum absolute atomic E-state index is 0.145. The van der Waals surface area contributed by atoms with Crippen LogP contribution in [0.25, 0.3) is 0 Å². The number of amides is 1. The Labute approximate surface area is 130 Å². The van der Waals surface area contributed by atoms with Gasteiger partial charge in [0.05, 0.1) is 20.3 Å². The van der Waals surface area contributed by atoms with E-state index in [1.54, 1.807) is 37.4 Å². The van der Waals surface area contributed by atoms with Crippen molar-refractivity contribution in [3.63, 3.8) is 0 Å². The van der Waals surface area contributed by atoms with Crippen LogP contribution in [-0.4, -0.2) is 37.1 Å². The van der Waals surface area contributed by atoms with Gasteiger partial charge in [0.15, 0.2) is 0 Å². The summed E-state index contributed by atoms with van der Waals surface area (Å²) in [6.45, 7) is 1.96. The number of hydrogen-bond acceptors (Lipinski definition) is 4. The van der Waals surface area contributed by atoms with E-state index >= 15 is 0 Å². The summed E-state index contributed by atoms with van der Waals surface area (Å²) in [7, 11) is 4.88. The lowest BCUT2D eigenvalue weighted by molar-refractivity contribution is 0.0737. The molecule has 22 heavy (non-hydrogen) atoms. The predicted octanol–water partition coefficient (Wildman–Crippen LogP) is 2.93. The number of carbonyl (C=O) groups is 1. The highest BCUT2D eigenvalue weighted by atomic mass is 16.5. The third-order valence-corrected chi connectivity index (χ3v) is 3.69. The second kappa shape index (κ2) is 6.93. The first-order valence-electron chi connectivity index (χ1n) is 6.99. The van der Waals surface area contributed by atoms with Crippen LogP contribution in [0.3, 0.4) is 0 Å². The number of pyridine rings is 1. The number of benzene rings is 1. The Bertz CT molecular complexity index is 658. The Kier molecular flexibility index (Phi) is 4.99. The second-order valence-electron chi connectivity index (χ2n) is 4.89. The third kappa shape index (κ3) is 3.03. The van der Waals surface area contributed by atoms with Crippen LogP contribution >= 0.6 is 0 Å². The molecule has 0 aliphatic rings. The highest BCUT2D eigenvalue weighted by Gasteiger charge is 2.23. The van der Waals surface area contributed by atoms with Crippen molar-refractivity contribution in [1.29, 1.82) is 0 Å². The van der Waals surface area contributed by atoms with Crippen molar-refractivity contribution >= 4 is 5.91 Å². The van der Waals surface area contributed by atoms with Crippen LogP contribution in [0, 0.1) is 0 Å². The molecule has 2 aromatic rings. The van der Waals surface area contributed by atoms with Gasteiger partial charge in [-0.1, -0.05) is 18.2 Å². The summed E-state index contributed by atoms with van der Waals surface area (Å²) in [6.07, 6.45) is 1.60. The minimum atomic E-state index is -0.150. The van der Waals surface area contributed by atoms with E-state index in [9.17, 15) is 4.79 Å². The van der Waals surface area contributed by atoms with Crippen LogP contribution in [0.15, 0.2) is 42.6 Å². The van der Waals surface area contributed by atoms with Gasteiger partial charge in [-0.05, 0) is 25.1 Å². The number of rotatable bonds is 5. The topological polar surface area (TPSA) is 51.7 Å². The van der Waals surface area contributed by atoms with Gasteiger partial charge in [0.25, 0.3) is 5.91 Å². The van der Waals surface area contributed by atoms with Gasteiger partial charge in [-0.25, -0.2) is 4.98 Å². The molecule has 0 radical (unpaired) electrons. The first-order chi connectivity index (χ1) is 10.6. The molecule has 0 N–H and O–H groups in total. The maximum atomic E-state index is 12.7. The van der Waals surface area contributed by atoms with E-state index in [1.807, 2.05) is 31.2 Å². The summed E-state index contributed by atoms with van der Waals surface area (Å²) >= 11 is 0. The first-order valence-corrected chi connectivity index (χ1v) is 6.99. The number of ether oxygens (including phenoxy) is 2. The largest absolute Gasteiger partial charge is 0.496 e. The van der Waals surface area contributed by atoms with E-state index in [-0.39, 0.29) is 11.9 Å². The molecule has 116 valence electrons. The molecule has 1 heterocycles. The van der Waals surface area contributed by atoms with Crippen molar-refractivity contribution < 1.29 is 14.3 Å². The van der Waals surface area contributed by atoms with E-state index in [4.69, 9.17) is 9.47 Å². The summed E-state index contributed by atoms with van der Waals surface area (Å²) in [6, 6.07) is 11.0. The number of aromatic nitrogens is 1. The fourth-order valence-electron chi connectivity index (χ4n) is 2.30. The zero-order chi connectivity index (χ0) is 16.1. The molecular formula is C17H20N2O3. The van der Waals surface area contributed by atoms with Crippen LogP contribution in [0.1, 0.15) is 28.9 Å². The van der Waals surface area contributed by atoms with Crippen molar-refractivity contribution in [2.75, 3.05) is 21.3 Å². The number of nitrogens with zero attached hydrogens (tertiary/aromatic N) is 2. The van der Waals surface area contributed by atoms with Crippen LogP contribution in [0.5, 0.6) is 11.6 Å². The van der Waals surface area contributed by atoms with E-state index in [0.29, 0.717) is 11.4 Å². The zero-order valence-electron chi connectivity index (χ0n) is 13.2. The van der Waals surface area contributed by atoms with Crippen molar-refractivity contribution in [2.45, 2.75) is 13.0 Å². The molecule has 0 aliphatic carbocycles. The average Bonchev–Trinajstić information content (AvgIpc) is 2.59. The summed E-state index contributed by atoms with van der Waals surface area (Å²) in [5, 5.41) is 0. The Morgan fingerprint density at radius 1 is 1.14 bits per heavy atom. The lowest BCUT2D eigenvalue weighted by Crippen LogP contribution is -2.30. The molecule has 0 aliphatic heterocycles.